The molecule has 1 aliphatic rings. The largest absolute Gasteiger partial charge is 0.330 e. The van der Waals surface area contributed by atoms with Crippen LogP contribution in [-0.2, 0) is 10.0 Å². The van der Waals surface area contributed by atoms with Gasteiger partial charge in [0, 0.05) is 18.7 Å². The van der Waals surface area contributed by atoms with E-state index in [0.717, 1.165) is 0 Å². The zero-order valence-corrected chi connectivity index (χ0v) is 11.9. The van der Waals surface area contributed by atoms with Crippen LogP contribution in [0.3, 0.4) is 0 Å². The van der Waals surface area contributed by atoms with E-state index in [1.54, 1.807) is 6.92 Å². The molecule has 1 aromatic carbocycles. The van der Waals surface area contributed by atoms with Gasteiger partial charge in [-0.2, -0.15) is 4.31 Å². The fraction of sp³-hybridized carbons (Fsp3) is 0.500. The molecule has 1 fully saturated rings. The molecular weight excluding hydrogens is 282 g/mol. The van der Waals surface area contributed by atoms with E-state index in [2.05, 4.69) is 0 Å². The third-order valence-electron chi connectivity index (χ3n) is 3.59. The number of nitro benzene ring substituents is 1. The number of para-hydroxylation sites is 1. The van der Waals surface area contributed by atoms with Gasteiger partial charge in [0.1, 0.15) is 0 Å². The van der Waals surface area contributed by atoms with Crippen molar-refractivity contribution in [3.63, 3.8) is 0 Å². The minimum Gasteiger partial charge on any atom is -0.330 e. The van der Waals surface area contributed by atoms with Crippen LogP contribution in [0.4, 0.5) is 5.69 Å². The molecule has 1 aliphatic heterocycles. The molecule has 2 N–H and O–H groups in total. The lowest BCUT2D eigenvalue weighted by Gasteiger charge is -2.20. The molecule has 8 heteroatoms. The molecule has 2 unspecified atom stereocenters. The first-order valence-corrected chi connectivity index (χ1v) is 7.77. The van der Waals surface area contributed by atoms with E-state index in [9.17, 15) is 18.5 Å². The Hall–Kier alpha value is -1.51. The van der Waals surface area contributed by atoms with E-state index in [-0.39, 0.29) is 16.9 Å². The quantitative estimate of drug-likeness (QED) is 0.658. The third-order valence-corrected chi connectivity index (χ3v) is 5.61. The van der Waals surface area contributed by atoms with E-state index >= 15 is 0 Å². The molecule has 0 aliphatic carbocycles. The second-order valence-corrected chi connectivity index (χ2v) is 6.84. The van der Waals surface area contributed by atoms with Crippen molar-refractivity contribution < 1.29 is 13.3 Å². The lowest BCUT2D eigenvalue weighted by molar-refractivity contribution is -0.387. The van der Waals surface area contributed by atoms with Gasteiger partial charge in [-0.05, 0) is 31.9 Å². The highest BCUT2D eigenvalue weighted by atomic mass is 32.2. The van der Waals surface area contributed by atoms with Crippen LogP contribution in [-0.4, -0.2) is 36.8 Å². The van der Waals surface area contributed by atoms with Crippen molar-refractivity contribution in [2.24, 2.45) is 11.7 Å². The number of benzene rings is 1. The molecule has 2 atom stereocenters. The summed E-state index contributed by atoms with van der Waals surface area (Å²) in [7, 11) is -3.87. The minimum absolute atomic E-state index is 0.0996. The molecule has 7 nitrogen and oxygen atoms in total. The van der Waals surface area contributed by atoms with Gasteiger partial charge in [-0.25, -0.2) is 8.42 Å². The van der Waals surface area contributed by atoms with E-state index in [4.69, 9.17) is 5.73 Å². The van der Waals surface area contributed by atoms with Crippen molar-refractivity contribution in [2.75, 3.05) is 13.1 Å². The standard InChI is InChI=1S/C12H17N3O4S/c1-9-6-10(7-13)8-14(9)20(18,19)12-5-3-2-4-11(12)15(16)17/h2-5,9-10H,6-8,13H2,1H3. The van der Waals surface area contributed by atoms with Crippen molar-refractivity contribution in [2.45, 2.75) is 24.3 Å². The first-order valence-electron chi connectivity index (χ1n) is 6.33. The Kier molecular flexibility index (Phi) is 4.07. The summed E-state index contributed by atoms with van der Waals surface area (Å²) >= 11 is 0. The van der Waals surface area contributed by atoms with Gasteiger partial charge in [-0.3, -0.25) is 10.1 Å². The van der Waals surface area contributed by atoms with Crippen LogP contribution in [0.25, 0.3) is 0 Å². The van der Waals surface area contributed by atoms with Gasteiger partial charge in [0.25, 0.3) is 5.69 Å². The maximum Gasteiger partial charge on any atom is 0.289 e. The SMILES string of the molecule is CC1CC(CN)CN1S(=O)(=O)c1ccccc1[N+](=O)[O-]. The zero-order valence-electron chi connectivity index (χ0n) is 11.1. The van der Waals surface area contributed by atoms with E-state index in [0.29, 0.717) is 19.5 Å². The fourth-order valence-electron chi connectivity index (χ4n) is 2.57. The fourth-order valence-corrected chi connectivity index (χ4v) is 4.44. The van der Waals surface area contributed by atoms with Gasteiger partial charge >= 0.3 is 0 Å². The molecule has 0 spiro atoms. The number of sulfonamides is 1. The predicted molar refractivity (Wildman–Crippen MR) is 73.6 cm³/mol. The van der Waals surface area contributed by atoms with Gasteiger partial charge < -0.3 is 5.73 Å². The minimum atomic E-state index is -3.87. The van der Waals surface area contributed by atoms with Crippen LogP contribution < -0.4 is 5.73 Å². The Labute approximate surface area is 117 Å². The Balaban J connectivity index is 2.44. The monoisotopic (exact) mass is 299 g/mol. The molecule has 0 amide bonds. The molecule has 0 aromatic heterocycles. The maximum absolute atomic E-state index is 12.6. The van der Waals surface area contributed by atoms with Gasteiger partial charge in [-0.1, -0.05) is 12.1 Å². The highest BCUT2D eigenvalue weighted by molar-refractivity contribution is 7.89. The highest BCUT2D eigenvalue weighted by Gasteiger charge is 2.39. The molecule has 1 aromatic rings. The molecule has 0 saturated carbocycles. The summed E-state index contributed by atoms with van der Waals surface area (Å²) in [5.74, 6) is 0.0996. The van der Waals surface area contributed by atoms with Crippen LogP contribution in [0, 0.1) is 16.0 Å². The van der Waals surface area contributed by atoms with Crippen LogP contribution in [0.15, 0.2) is 29.2 Å². The first kappa shape index (κ1) is 14.9. The number of hydrogen-bond donors (Lipinski definition) is 1. The molecule has 0 radical (unpaired) electrons. The van der Waals surface area contributed by atoms with Gasteiger partial charge in [0.05, 0.1) is 4.92 Å². The van der Waals surface area contributed by atoms with Crippen molar-refractivity contribution in [3.05, 3.63) is 34.4 Å². The van der Waals surface area contributed by atoms with Gasteiger partial charge in [0.15, 0.2) is 4.90 Å². The molecule has 0 bridgehead atoms. The van der Waals surface area contributed by atoms with E-state index in [1.165, 1.54) is 28.6 Å². The van der Waals surface area contributed by atoms with Crippen molar-refractivity contribution in [1.29, 1.82) is 0 Å². The molecule has 1 heterocycles. The van der Waals surface area contributed by atoms with E-state index in [1.807, 2.05) is 0 Å². The van der Waals surface area contributed by atoms with Gasteiger partial charge in [-0.15, -0.1) is 0 Å². The van der Waals surface area contributed by atoms with Crippen molar-refractivity contribution >= 4 is 15.7 Å². The zero-order chi connectivity index (χ0) is 14.9. The smallest absolute Gasteiger partial charge is 0.289 e. The summed E-state index contributed by atoms with van der Waals surface area (Å²) in [4.78, 5) is 10.1. The molecule has 1 saturated heterocycles. The molecule has 2 rings (SSSR count). The van der Waals surface area contributed by atoms with Crippen LogP contribution in [0.1, 0.15) is 13.3 Å². The summed E-state index contributed by atoms with van der Waals surface area (Å²) in [5, 5.41) is 11.0. The Morgan fingerprint density at radius 2 is 2.10 bits per heavy atom. The van der Waals surface area contributed by atoms with Crippen molar-refractivity contribution in [1.82, 2.24) is 4.31 Å². The summed E-state index contributed by atoms with van der Waals surface area (Å²) in [6, 6.07) is 5.21. The molecular formula is C12H17N3O4S. The summed E-state index contributed by atoms with van der Waals surface area (Å²) < 4.78 is 26.5. The molecule has 110 valence electrons. The summed E-state index contributed by atoms with van der Waals surface area (Å²) in [6.45, 7) is 2.52. The number of nitrogens with two attached hydrogens (primary N) is 1. The third kappa shape index (κ3) is 2.54. The second-order valence-electron chi connectivity index (χ2n) is 4.99. The Morgan fingerprint density at radius 3 is 2.65 bits per heavy atom. The first-order chi connectivity index (χ1) is 9.37. The van der Waals surface area contributed by atoms with Crippen molar-refractivity contribution in [3.8, 4) is 0 Å². The maximum atomic E-state index is 12.6. The lowest BCUT2D eigenvalue weighted by atomic mass is 10.1. The summed E-state index contributed by atoms with van der Waals surface area (Å²) in [6.07, 6.45) is 0.677. The lowest BCUT2D eigenvalue weighted by Crippen LogP contribution is -2.34. The molecule has 20 heavy (non-hydrogen) atoms. The average Bonchev–Trinajstić information content (AvgIpc) is 2.80. The Morgan fingerprint density at radius 1 is 1.45 bits per heavy atom. The van der Waals surface area contributed by atoms with E-state index < -0.39 is 20.6 Å². The number of hydrogen-bond acceptors (Lipinski definition) is 5. The van der Waals surface area contributed by atoms with Gasteiger partial charge in [0.2, 0.25) is 10.0 Å². The number of nitrogens with zero attached hydrogens (tertiary/aromatic N) is 2. The highest BCUT2D eigenvalue weighted by Crippen LogP contribution is 2.32. The number of nitro groups is 1. The van der Waals surface area contributed by atoms with Crippen LogP contribution in [0.5, 0.6) is 0 Å². The predicted octanol–water partition coefficient (Wildman–Crippen LogP) is 0.953. The number of rotatable bonds is 4. The van der Waals surface area contributed by atoms with Crippen LogP contribution in [0.2, 0.25) is 0 Å². The Bertz CT molecular complexity index is 617. The topological polar surface area (TPSA) is 107 Å². The second kappa shape index (κ2) is 5.47. The average molecular weight is 299 g/mol. The normalized spacial score (nSPS) is 23.9. The summed E-state index contributed by atoms with van der Waals surface area (Å²) in [5.41, 5.74) is 5.20. The van der Waals surface area contributed by atoms with Crippen LogP contribution >= 0.6 is 0 Å².